The predicted octanol–water partition coefficient (Wildman–Crippen LogP) is 1.94. The average molecular weight is 300 g/mol. The van der Waals surface area contributed by atoms with Crippen LogP contribution in [0.5, 0.6) is 0 Å². The molecule has 21 heavy (non-hydrogen) atoms. The van der Waals surface area contributed by atoms with Crippen molar-refractivity contribution >= 4 is 5.96 Å². The number of hydrogen-bond donors (Lipinski definition) is 2. The molecule has 0 rings (SSSR count). The van der Waals surface area contributed by atoms with E-state index in [0.717, 1.165) is 45.2 Å². The summed E-state index contributed by atoms with van der Waals surface area (Å²) in [6, 6.07) is 0.490. The molecule has 0 aliphatic heterocycles. The number of aliphatic imine (C=N–C) groups is 1. The minimum Gasteiger partial charge on any atom is -0.382 e. The fourth-order valence-corrected chi connectivity index (χ4v) is 2.06. The molecule has 0 aliphatic carbocycles. The van der Waals surface area contributed by atoms with Crippen molar-refractivity contribution in [1.82, 2.24) is 15.5 Å². The molecule has 1 atom stereocenters. The van der Waals surface area contributed by atoms with Gasteiger partial charge in [-0.3, -0.25) is 4.99 Å². The van der Waals surface area contributed by atoms with Crippen molar-refractivity contribution in [2.45, 2.75) is 46.6 Å². The molecule has 1 unspecified atom stereocenters. The second kappa shape index (κ2) is 12.9. The second-order valence-electron chi connectivity index (χ2n) is 5.94. The van der Waals surface area contributed by atoms with Crippen molar-refractivity contribution in [3.63, 3.8) is 0 Å². The Hall–Kier alpha value is -0.810. The van der Waals surface area contributed by atoms with Crippen molar-refractivity contribution < 1.29 is 4.74 Å². The average Bonchev–Trinajstić information content (AvgIpc) is 2.42. The summed E-state index contributed by atoms with van der Waals surface area (Å²) in [4.78, 5) is 6.98. The molecule has 126 valence electrons. The van der Waals surface area contributed by atoms with Crippen molar-refractivity contribution in [3.8, 4) is 0 Å². The molecule has 0 aromatic rings. The Morgan fingerprint density at radius 1 is 1.19 bits per heavy atom. The molecule has 0 aliphatic rings. The molecule has 0 aromatic heterocycles. The quantitative estimate of drug-likeness (QED) is 0.348. The molecule has 0 saturated carbocycles. The zero-order valence-electron chi connectivity index (χ0n) is 14.9. The van der Waals surface area contributed by atoms with Crippen LogP contribution < -0.4 is 10.6 Å². The van der Waals surface area contributed by atoms with Gasteiger partial charge < -0.3 is 20.3 Å². The third kappa shape index (κ3) is 11.5. The lowest BCUT2D eigenvalue weighted by Crippen LogP contribution is -2.40. The Morgan fingerprint density at radius 3 is 2.43 bits per heavy atom. The maximum atomic E-state index is 5.34. The molecule has 0 amide bonds. The molecule has 0 heterocycles. The van der Waals surface area contributed by atoms with E-state index in [1.807, 2.05) is 6.92 Å². The van der Waals surface area contributed by atoms with Crippen LogP contribution >= 0.6 is 0 Å². The molecule has 5 heteroatoms. The van der Waals surface area contributed by atoms with Crippen LogP contribution in [0, 0.1) is 5.92 Å². The maximum Gasteiger partial charge on any atom is 0.191 e. The Kier molecular flexibility index (Phi) is 12.4. The van der Waals surface area contributed by atoms with Crippen LogP contribution in [0.4, 0.5) is 0 Å². The third-order valence-electron chi connectivity index (χ3n) is 3.24. The summed E-state index contributed by atoms with van der Waals surface area (Å²) in [6.45, 7) is 12.8. The van der Waals surface area contributed by atoms with Gasteiger partial charge in [0.25, 0.3) is 0 Å². The molecular formula is C16H36N4O. The van der Waals surface area contributed by atoms with Crippen LogP contribution in [0.15, 0.2) is 4.99 Å². The maximum absolute atomic E-state index is 5.34. The van der Waals surface area contributed by atoms with E-state index in [2.05, 4.69) is 50.4 Å². The molecule has 0 bridgehead atoms. The minimum absolute atomic E-state index is 0.490. The SMILES string of the molecule is CCNC(=NCC(CC(C)C)N(C)C)NCCCOCC. The largest absolute Gasteiger partial charge is 0.382 e. The second-order valence-corrected chi connectivity index (χ2v) is 5.94. The van der Waals surface area contributed by atoms with Crippen molar-refractivity contribution in [1.29, 1.82) is 0 Å². The first-order valence-corrected chi connectivity index (χ1v) is 8.27. The molecule has 0 radical (unpaired) electrons. The van der Waals surface area contributed by atoms with Crippen molar-refractivity contribution in [2.75, 3.05) is 46.9 Å². The number of rotatable bonds is 11. The Balaban J connectivity index is 4.27. The van der Waals surface area contributed by atoms with E-state index in [-0.39, 0.29) is 0 Å². The van der Waals surface area contributed by atoms with Gasteiger partial charge in [0.15, 0.2) is 5.96 Å². The summed E-state index contributed by atoms with van der Waals surface area (Å²) in [5, 5.41) is 6.67. The minimum atomic E-state index is 0.490. The normalized spacial score (nSPS) is 13.8. The number of ether oxygens (including phenoxy) is 1. The third-order valence-corrected chi connectivity index (χ3v) is 3.24. The number of guanidine groups is 1. The van der Waals surface area contributed by atoms with Gasteiger partial charge in [0.2, 0.25) is 0 Å². The Bertz CT molecular complexity index is 267. The van der Waals surface area contributed by atoms with Gasteiger partial charge >= 0.3 is 0 Å². The fourth-order valence-electron chi connectivity index (χ4n) is 2.06. The van der Waals surface area contributed by atoms with Crippen LogP contribution in [-0.4, -0.2) is 63.8 Å². The van der Waals surface area contributed by atoms with Crippen molar-refractivity contribution in [3.05, 3.63) is 0 Å². The summed E-state index contributed by atoms with van der Waals surface area (Å²) in [5.41, 5.74) is 0. The first-order valence-electron chi connectivity index (χ1n) is 8.27. The number of likely N-dealkylation sites (N-methyl/N-ethyl adjacent to an activating group) is 1. The fraction of sp³-hybridized carbons (Fsp3) is 0.938. The standard InChI is InChI=1S/C16H36N4O/c1-7-17-16(18-10-9-11-21-8-2)19-13-15(20(5)6)12-14(3)4/h14-15H,7-13H2,1-6H3,(H2,17,18,19). The number of nitrogens with one attached hydrogen (secondary N) is 2. The van der Waals surface area contributed by atoms with Crippen molar-refractivity contribution in [2.24, 2.45) is 10.9 Å². The van der Waals surface area contributed by atoms with E-state index >= 15 is 0 Å². The van der Waals surface area contributed by atoms with Crippen LogP contribution in [0.25, 0.3) is 0 Å². The van der Waals surface area contributed by atoms with E-state index in [0.29, 0.717) is 12.0 Å². The van der Waals surface area contributed by atoms with Gasteiger partial charge in [0, 0.05) is 32.3 Å². The molecule has 2 N–H and O–H groups in total. The highest BCUT2D eigenvalue weighted by molar-refractivity contribution is 5.79. The monoisotopic (exact) mass is 300 g/mol. The predicted molar refractivity (Wildman–Crippen MR) is 92.0 cm³/mol. The molecule has 0 saturated heterocycles. The highest BCUT2D eigenvalue weighted by atomic mass is 16.5. The zero-order chi connectivity index (χ0) is 16.1. The van der Waals surface area contributed by atoms with Gasteiger partial charge in [0.05, 0.1) is 6.54 Å². The van der Waals surface area contributed by atoms with Crippen LogP contribution in [0.3, 0.4) is 0 Å². The van der Waals surface area contributed by atoms with Crippen LogP contribution in [0.2, 0.25) is 0 Å². The van der Waals surface area contributed by atoms with Crippen LogP contribution in [0.1, 0.15) is 40.5 Å². The van der Waals surface area contributed by atoms with E-state index in [9.17, 15) is 0 Å². The van der Waals surface area contributed by atoms with E-state index < -0.39 is 0 Å². The Morgan fingerprint density at radius 2 is 1.90 bits per heavy atom. The summed E-state index contributed by atoms with van der Waals surface area (Å²) in [6.07, 6.45) is 2.17. The van der Waals surface area contributed by atoms with Gasteiger partial charge in [-0.25, -0.2) is 0 Å². The van der Waals surface area contributed by atoms with Gasteiger partial charge in [0.1, 0.15) is 0 Å². The van der Waals surface area contributed by atoms with Gasteiger partial charge in [-0.05, 0) is 46.7 Å². The summed E-state index contributed by atoms with van der Waals surface area (Å²) >= 11 is 0. The van der Waals surface area contributed by atoms with E-state index in [1.165, 1.54) is 6.42 Å². The topological polar surface area (TPSA) is 48.9 Å². The first-order chi connectivity index (χ1) is 10.0. The smallest absolute Gasteiger partial charge is 0.191 e. The number of hydrogen-bond acceptors (Lipinski definition) is 3. The lowest BCUT2D eigenvalue weighted by atomic mass is 10.0. The molecule has 0 aromatic carbocycles. The van der Waals surface area contributed by atoms with Gasteiger partial charge in [-0.1, -0.05) is 13.8 Å². The Labute approximate surface area is 131 Å². The molecular weight excluding hydrogens is 264 g/mol. The molecule has 0 spiro atoms. The number of nitrogens with zero attached hydrogens (tertiary/aromatic N) is 2. The van der Waals surface area contributed by atoms with E-state index in [1.54, 1.807) is 0 Å². The van der Waals surface area contributed by atoms with E-state index in [4.69, 9.17) is 9.73 Å². The summed E-state index contributed by atoms with van der Waals surface area (Å²) in [7, 11) is 4.26. The van der Waals surface area contributed by atoms with Crippen LogP contribution in [-0.2, 0) is 4.74 Å². The molecule has 5 nitrogen and oxygen atoms in total. The highest BCUT2D eigenvalue weighted by Crippen LogP contribution is 2.09. The van der Waals surface area contributed by atoms with Gasteiger partial charge in [-0.15, -0.1) is 0 Å². The highest BCUT2D eigenvalue weighted by Gasteiger charge is 2.13. The summed E-state index contributed by atoms with van der Waals surface area (Å²) < 4.78 is 5.34. The first kappa shape index (κ1) is 20.2. The molecule has 0 fully saturated rings. The summed E-state index contributed by atoms with van der Waals surface area (Å²) in [5.74, 6) is 1.60. The lowest BCUT2D eigenvalue weighted by Gasteiger charge is -2.24. The van der Waals surface area contributed by atoms with Gasteiger partial charge in [-0.2, -0.15) is 0 Å². The zero-order valence-corrected chi connectivity index (χ0v) is 14.9. The lowest BCUT2D eigenvalue weighted by molar-refractivity contribution is 0.145.